The quantitative estimate of drug-likeness (QED) is 0.389. The number of hydrazine groups is 1. The molecule has 46 heavy (non-hydrogen) atoms. The summed E-state index contributed by atoms with van der Waals surface area (Å²) in [7, 11) is 1.72. The van der Waals surface area contributed by atoms with Gasteiger partial charge in [-0.2, -0.15) is 0 Å². The summed E-state index contributed by atoms with van der Waals surface area (Å²) in [4.78, 5) is 34.0. The second-order valence-electron chi connectivity index (χ2n) is 13.9. The lowest BCUT2D eigenvalue weighted by atomic mass is 9.84. The number of ether oxygens (including phenoxy) is 3. The number of hydrogen-bond acceptors (Lipinski definition) is 8. The van der Waals surface area contributed by atoms with Crippen molar-refractivity contribution in [2.45, 2.75) is 85.1 Å². The summed E-state index contributed by atoms with van der Waals surface area (Å²) in [6.07, 6.45) is 4.25. The molecule has 6 bridgehead atoms. The molecule has 1 unspecified atom stereocenters. The Balaban J connectivity index is 1.49. The zero-order valence-corrected chi connectivity index (χ0v) is 28.2. The van der Waals surface area contributed by atoms with Gasteiger partial charge in [0.2, 0.25) is 5.91 Å². The van der Waals surface area contributed by atoms with Crippen molar-refractivity contribution in [3.63, 3.8) is 0 Å². The molecule has 10 nitrogen and oxygen atoms in total. The van der Waals surface area contributed by atoms with Gasteiger partial charge in [-0.25, -0.2) is 5.43 Å². The summed E-state index contributed by atoms with van der Waals surface area (Å²) in [6, 6.07) is 10.4. The molecule has 6 rings (SSSR count). The van der Waals surface area contributed by atoms with Gasteiger partial charge < -0.3 is 23.7 Å². The third kappa shape index (κ3) is 6.39. The number of morpholine rings is 1. The Morgan fingerprint density at radius 2 is 2.02 bits per heavy atom. The molecular weight excluding hydrogens is 582 g/mol. The van der Waals surface area contributed by atoms with Gasteiger partial charge in [-0.05, 0) is 75.4 Å². The molecule has 1 amide bonds. The number of rotatable bonds is 4. The van der Waals surface area contributed by atoms with Gasteiger partial charge in [0.25, 0.3) is 0 Å². The van der Waals surface area contributed by atoms with Crippen LogP contribution in [-0.2, 0) is 36.8 Å². The predicted octanol–water partition coefficient (Wildman–Crippen LogP) is 5.28. The van der Waals surface area contributed by atoms with Crippen molar-refractivity contribution in [3.05, 3.63) is 47.8 Å². The Morgan fingerprint density at radius 1 is 1.20 bits per heavy atom. The van der Waals surface area contributed by atoms with Gasteiger partial charge in [-0.3, -0.25) is 19.6 Å². The smallest absolute Gasteiger partial charge is 0.324 e. The van der Waals surface area contributed by atoms with Gasteiger partial charge in [-0.1, -0.05) is 20.8 Å². The standard InChI is InChI=1S/C36H49N5O5/c1-7-40-31-13-12-25-19-28(31)29(33(40)27-10-8-14-37-32(27)24(3)44-6)20-36(4,5)22-46-35(43)30-11-9-15-41(38-30)34(42)23(2)18-26-21-39(25)16-17-45-26/h8,10,12-14,19,23-24,26,30,38H,7,9,11,15-18,20-22H2,1-6H3/t23?,24-,26+,30-/m0/s1. The van der Waals surface area contributed by atoms with E-state index in [-0.39, 0.29) is 42.0 Å². The van der Waals surface area contributed by atoms with Gasteiger partial charge in [0.05, 0.1) is 36.8 Å². The zero-order valence-electron chi connectivity index (χ0n) is 28.2. The van der Waals surface area contributed by atoms with Crippen molar-refractivity contribution in [1.82, 2.24) is 20.0 Å². The topological polar surface area (TPSA) is 98.2 Å². The lowest BCUT2D eigenvalue weighted by Crippen LogP contribution is -2.57. The summed E-state index contributed by atoms with van der Waals surface area (Å²) in [6.45, 7) is 14.2. The summed E-state index contributed by atoms with van der Waals surface area (Å²) in [5.41, 5.74) is 9.41. The van der Waals surface area contributed by atoms with E-state index in [9.17, 15) is 9.59 Å². The maximum Gasteiger partial charge on any atom is 0.324 e. The summed E-state index contributed by atoms with van der Waals surface area (Å²) >= 11 is 0. The van der Waals surface area contributed by atoms with Gasteiger partial charge in [0.1, 0.15) is 6.04 Å². The highest BCUT2D eigenvalue weighted by Gasteiger charge is 2.35. The van der Waals surface area contributed by atoms with E-state index in [1.165, 1.54) is 10.9 Å². The number of nitrogens with zero attached hydrogens (tertiary/aromatic N) is 4. The number of fused-ring (bicyclic) bond motifs is 6. The molecule has 3 aliphatic rings. The van der Waals surface area contributed by atoms with Gasteiger partial charge in [0.15, 0.2) is 0 Å². The van der Waals surface area contributed by atoms with Crippen LogP contribution < -0.4 is 10.3 Å². The van der Waals surface area contributed by atoms with E-state index in [0.29, 0.717) is 39.0 Å². The molecule has 0 saturated carbocycles. The van der Waals surface area contributed by atoms with E-state index in [1.807, 2.05) is 26.1 Å². The van der Waals surface area contributed by atoms with Crippen LogP contribution >= 0.6 is 0 Å². The number of carbonyl (C=O) groups excluding carboxylic acids is 2. The molecule has 248 valence electrons. The van der Waals surface area contributed by atoms with Crippen LogP contribution in [0.2, 0.25) is 0 Å². The summed E-state index contributed by atoms with van der Waals surface area (Å²) in [5.74, 6) is -0.562. The van der Waals surface area contributed by atoms with Crippen LogP contribution in [0.15, 0.2) is 36.5 Å². The number of methoxy groups -OCH3 is 1. The Kier molecular flexibility index (Phi) is 9.41. The minimum atomic E-state index is -0.547. The maximum atomic E-state index is 13.5. The average Bonchev–Trinajstić information content (AvgIpc) is 3.37. The third-order valence-electron chi connectivity index (χ3n) is 9.84. The number of nitrogens with one attached hydrogen (secondary N) is 1. The van der Waals surface area contributed by atoms with Crippen molar-refractivity contribution in [3.8, 4) is 11.3 Å². The number of esters is 1. The van der Waals surface area contributed by atoms with E-state index < -0.39 is 6.04 Å². The van der Waals surface area contributed by atoms with Crippen LogP contribution in [0.25, 0.3) is 22.2 Å². The molecule has 3 aromatic rings. The van der Waals surface area contributed by atoms with Crippen molar-refractivity contribution < 1.29 is 23.8 Å². The van der Waals surface area contributed by atoms with Crippen LogP contribution in [0.5, 0.6) is 0 Å². The number of amides is 1. The molecule has 2 saturated heterocycles. The maximum absolute atomic E-state index is 13.5. The highest BCUT2D eigenvalue weighted by molar-refractivity contribution is 5.94. The molecular formula is C36H49N5O5. The Labute approximate surface area is 272 Å². The van der Waals surface area contributed by atoms with Crippen molar-refractivity contribution in [2.24, 2.45) is 11.3 Å². The number of benzene rings is 1. The number of aromatic nitrogens is 2. The number of hydrogen-bond donors (Lipinski definition) is 1. The van der Waals surface area contributed by atoms with Crippen molar-refractivity contribution in [1.29, 1.82) is 0 Å². The number of aryl methyl sites for hydroxylation is 1. The predicted molar refractivity (Wildman–Crippen MR) is 178 cm³/mol. The Bertz CT molecular complexity index is 1580. The highest BCUT2D eigenvalue weighted by atomic mass is 16.5. The van der Waals surface area contributed by atoms with E-state index in [2.05, 4.69) is 59.9 Å². The highest BCUT2D eigenvalue weighted by Crippen LogP contribution is 2.42. The summed E-state index contributed by atoms with van der Waals surface area (Å²) in [5, 5.41) is 2.81. The molecule has 1 aromatic carbocycles. The summed E-state index contributed by atoms with van der Waals surface area (Å²) < 4.78 is 20.4. The minimum absolute atomic E-state index is 0.00303. The second-order valence-corrected chi connectivity index (χ2v) is 13.9. The molecule has 0 aliphatic carbocycles. The lowest BCUT2D eigenvalue weighted by Gasteiger charge is -2.38. The fourth-order valence-electron chi connectivity index (χ4n) is 7.35. The SMILES string of the molecule is CCn1c(-c2cccnc2[C@H](C)OC)c2c3cc(ccc31)N1CCO[C@H](CC(C)C(=O)N3CCC[C@H](N3)C(=O)OCC(C)(C)C2)C1. The zero-order chi connectivity index (χ0) is 32.6. The van der Waals surface area contributed by atoms with Crippen molar-refractivity contribution in [2.75, 3.05) is 44.9 Å². The second kappa shape index (κ2) is 13.3. The first kappa shape index (κ1) is 32.5. The van der Waals surface area contributed by atoms with Gasteiger partial charge in [-0.15, -0.1) is 0 Å². The van der Waals surface area contributed by atoms with Gasteiger partial charge >= 0.3 is 5.97 Å². The monoisotopic (exact) mass is 631 g/mol. The number of anilines is 1. The first-order chi connectivity index (χ1) is 22.1. The normalized spacial score (nSPS) is 24.9. The molecule has 5 heterocycles. The third-order valence-corrected chi connectivity index (χ3v) is 9.84. The van der Waals surface area contributed by atoms with E-state index in [1.54, 1.807) is 12.1 Å². The fourth-order valence-corrected chi connectivity index (χ4v) is 7.35. The van der Waals surface area contributed by atoms with E-state index in [4.69, 9.17) is 19.2 Å². The van der Waals surface area contributed by atoms with Crippen LogP contribution in [-0.4, -0.2) is 78.5 Å². The first-order valence-electron chi connectivity index (χ1n) is 16.8. The molecule has 1 N–H and O–H groups in total. The largest absolute Gasteiger partial charge is 0.464 e. The number of carbonyl (C=O) groups is 2. The molecule has 0 spiro atoms. The molecule has 4 atom stereocenters. The van der Waals surface area contributed by atoms with Crippen LogP contribution in [0.4, 0.5) is 5.69 Å². The van der Waals surface area contributed by atoms with Crippen molar-refractivity contribution >= 4 is 28.5 Å². The molecule has 3 aliphatic heterocycles. The van der Waals surface area contributed by atoms with E-state index in [0.717, 1.165) is 47.7 Å². The van der Waals surface area contributed by atoms with Crippen LogP contribution in [0, 0.1) is 11.3 Å². The molecule has 2 fully saturated rings. The Hall–Kier alpha value is -3.47. The Morgan fingerprint density at radius 3 is 2.80 bits per heavy atom. The van der Waals surface area contributed by atoms with E-state index >= 15 is 0 Å². The molecule has 2 aromatic heterocycles. The molecule has 0 radical (unpaired) electrons. The van der Waals surface area contributed by atoms with Crippen LogP contribution in [0.3, 0.4) is 0 Å². The lowest BCUT2D eigenvalue weighted by molar-refractivity contribution is -0.155. The fraction of sp³-hybridized carbons (Fsp3) is 0.583. The first-order valence-corrected chi connectivity index (χ1v) is 16.8. The minimum Gasteiger partial charge on any atom is -0.464 e. The molecule has 10 heteroatoms. The van der Waals surface area contributed by atoms with Crippen LogP contribution in [0.1, 0.15) is 71.2 Å². The number of pyridine rings is 1. The number of cyclic esters (lactones) is 1. The van der Waals surface area contributed by atoms with Gasteiger partial charge in [0, 0.05) is 73.0 Å². The average molecular weight is 632 g/mol.